The first-order valence-electron chi connectivity index (χ1n) is 27.0. The third-order valence-corrected chi connectivity index (χ3v) is 13.2. The van der Waals surface area contributed by atoms with E-state index in [9.17, 15) is 35.4 Å². The average molecular weight is 898 g/mol. The molecule has 1 aliphatic heterocycles. The van der Waals surface area contributed by atoms with Crippen LogP contribution in [0.25, 0.3) is 0 Å². The van der Waals surface area contributed by atoms with Gasteiger partial charge in [0.05, 0.1) is 18.8 Å². The van der Waals surface area contributed by atoms with E-state index in [0.29, 0.717) is 12.8 Å². The lowest BCUT2D eigenvalue weighted by atomic mass is 9.93. The molecule has 63 heavy (non-hydrogen) atoms. The number of hydrogen-bond acceptors (Lipinski definition) is 9. The smallest absolute Gasteiger partial charge is 0.220 e. The minimum absolute atomic E-state index is 0.227. The molecule has 0 aromatic heterocycles. The predicted octanol–water partition coefficient (Wildman–Crippen LogP) is 11.1. The topological polar surface area (TPSA) is 169 Å². The van der Waals surface area contributed by atoms with Crippen LogP contribution in [-0.2, 0) is 14.3 Å². The Morgan fingerprint density at radius 3 is 1.33 bits per heavy atom. The number of aliphatic hydroxyl groups excluding tert-OH is 6. The molecule has 1 fully saturated rings. The van der Waals surface area contributed by atoms with Gasteiger partial charge in [0.15, 0.2) is 0 Å². The lowest BCUT2D eigenvalue weighted by molar-refractivity contribution is -0.216. The predicted molar refractivity (Wildman–Crippen MR) is 260 cm³/mol. The molecule has 3 unspecified atom stereocenters. The fraction of sp³-hybridized carbons (Fsp3) is 0.943. The van der Waals surface area contributed by atoms with Crippen LogP contribution in [0.5, 0.6) is 0 Å². The molecule has 8 atom stereocenters. The van der Waals surface area contributed by atoms with E-state index in [1.54, 1.807) is 0 Å². The van der Waals surface area contributed by atoms with Crippen LogP contribution in [0.2, 0.25) is 0 Å². The van der Waals surface area contributed by atoms with Crippen LogP contribution in [0.1, 0.15) is 251 Å². The van der Waals surface area contributed by atoms with Crippen molar-refractivity contribution >= 4 is 5.91 Å². The molecule has 7 N–H and O–H groups in total. The minimum Gasteiger partial charge on any atom is -0.394 e. The molecule has 374 valence electrons. The standard InChI is InChI=1S/C53H103NO9/c1-3-5-7-9-11-12-13-21-24-27-30-34-38-46(56)50(58)45(40-41-47-51(59)53(61)52(60)48(44-55)63-47)54-49(57)39-35-31-28-25-22-19-17-15-14-16-18-20-23-26-29-33-37-43-62-42-36-32-10-8-6-4-2/h40-41,45-48,50-53,55-56,58-61H,3-39,42-44H2,1-2H3,(H,54,57)/b41-40+/t45-,46+,47+,48?,50-,51?,52-,53?/m0/s1. The summed E-state index contributed by atoms with van der Waals surface area (Å²) in [5, 5.41) is 65.6. The zero-order valence-corrected chi connectivity index (χ0v) is 41.0. The highest BCUT2D eigenvalue weighted by Gasteiger charge is 2.42. The van der Waals surface area contributed by atoms with Crippen LogP contribution in [0, 0.1) is 0 Å². The van der Waals surface area contributed by atoms with Gasteiger partial charge in [-0.05, 0) is 25.7 Å². The molecule has 0 spiro atoms. The van der Waals surface area contributed by atoms with Gasteiger partial charge in [0.1, 0.15) is 36.6 Å². The van der Waals surface area contributed by atoms with Gasteiger partial charge in [0, 0.05) is 19.6 Å². The van der Waals surface area contributed by atoms with E-state index in [-0.39, 0.29) is 5.91 Å². The molecular formula is C53H103NO9. The Labute approximate surface area is 387 Å². The molecule has 1 heterocycles. The van der Waals surface area contributed by atoms with Crippen LogP contribution in [0.4, 0.5) is 0 Å². The molecule has 1 saturated heterocycles. The third kappa shape index (κ3) is 33.1. The molecule has 1 aliphatic rings. The highest BCUT2D eigenvalue weighted by Crippen LogP contribution is 2.23. The Bertz CT molecular complexity index is 1010. The Balaban J connectivity index is 2.23. The van der Waals surface area contributed by atoms with Crippen LogP contribution in [0.15, 0.2) is 12.2 Å². The summed E-state index contributed by atoms with van der Waals surface area (Å²) in [6.07, 6.45) is 38.1. The Hall–Kier alpha value is -1.11. The molecule has 0 saturated carbocycles. The van der Waals surface area contributed by atoms with E-state index in [0.717, 1.165) is 51.7 Å². The second-order valence-corrected chi connectivity index (χ2v) is 19.1. The van der Waals surface area contributed by atoms with Gasteiger partial charge in [-0.2, -0.15) is 0 Å². The van der Waals surface area contributed by atoms with Crippen LogP contribution in [0.3, 0.4) is 0 Å². The largest absolute Gasteiger partial charge is 0.394 e. The number of rotatable bonds is 46. The van der Waals surface area contributed by atoms with Gasteiger partial charge >= 0.3 is 0 Å². The zero-order valence-electron chi connectivity index (χ0n) is 41.0. The minimum atomic E-state index is -1.53. The maximum Gasteiger partial charge on any atom is 0.220 e. The van der Waals surface area contributed by atoms with Crippen molar-refractivity contribution in [1.82, 2.24) is 5.32 Å². The van der Waals surface area contributed by atoms with Gasteiger partial charge in [-0.3, -0.25) is 4.79 Å². The Kier molecular flexibility index (Phi) is 41.3. The SMILES string of the molecule is CCCCCCCCCCCCCC[C@@H](O)[C@@H](O)[C@H](/C=C/[C@H]1OC(CO)[C@H](O)C(O)C1O)NC(=O)CCCCCCCCCCCCCCCCCCCOCCCCCCCC. The van der Waals surface area contributed by atoms with Gasteiger partial charge in [-0.15, -0.1) is 0 Å². The first kappa shape index (κ1) is 59.9. The van der Waals surface area contributed by atoms with Crippen molar-refractivity contribution in [3.63, 3.8) is 0 Å². The number of hydrogen-bond donors (Lipinski definition) is 7. The second kappa shape index (κ2) is 43.5. The molecule has 1 amide bonds. The molecule has 0 aromatic rings. The fourth-order valence-corrected chi connectivity index (χ4v) is 8.86. The van der Waals surface area contributed by atoms with Gasteiger partial charge in [-0.25, -0.2) is 0 Å². The van der Waals surface area contributed by atoms with E-state index >= 15 is 0 Å². The highest BCUT2D eigenvalue weighted by molar-refractivity contribution is 5.76. The summed E-state index contributed by atoms with van der Waals surface area (Å²) >= 11 is 0. The van der Waals surface area contributed by atoms with Crippen LogP contribution >= 0.6 is 0 Å². The lowest BCUT2D eigenvalue weighted by Gasteiger charge is -2.39. The summed E-state index contributed by atoms with van der Waals surface area (Å²) in [5.41, 5.74) is 0. The van der Waals surface area contributed by atoms with Gasteiger partial charge in [-0.1, -0.05) is 231 Å². The van der Waals surface area contributed by atoms with Crippen molar-refractivity contribution in [2.24, 2.45) is 0 Å². The third-order valence-electron chi connectivity index (χ3n) is 13.2. The maximum absolute atomic E-state index is 13.1. The van der Waals surface area contributed by atoms with Crippen molar-refractivity contribution < 1.29 is 44.9 Å². The maximum atomic E-state index is 13.1. The molecule has 1 rings (SSSR count). The number of aliphatic hydroxyl groups is 6. The van der Waals surface area contributed by atoms with Gasteiger partial charge in [0.2, 0.25) is 5.91 Å². The number of carbonyl (C=O) groups is 1. The summed E-state index contributed by atoms with van der Waals surface area (Å²) in [6, 6.07) is -0.947. The van der Waals surface area contributed by atoms with Crippen molar-refractivity contribution in [3.05, 3.63) is 12.2 Å². The molecule has 0 aliphatic carbocycles. The van der Waals surface area contributed by atoms with E-state index in [2.05, 4.69) is 19.2 Å². The van der Waals surface area contributed by atoms with Gasteiger partial charge in [0.25, 0.3) is 0 Å². The van der Waals surface area contributed by atoms with Crippen molar-refractivity contribution in [3.8, 4) is 0 Å². The number of unbranched alkanes of at least 4 members (excludes halogenated alkanes) is 32. The first-order valence-corrected chi connectivity index (χ1v) is 27.0. The highest BCUT2D eigenvalue weighted by atomic mass is 16.5. The Morgan fingerprint density at radius 1 is 0.540 bits per heavy atom. The van der Waals surface area contributed by atoms with E-state index < -0.39 is 55.4 Å². The summed E-state index contributed by atoms with van der Waals surface area (Å²) in [6.45, 7) is 5.84. The number of ether oxygens (including phenoxy) is 2. The molecular weight excluding hydrogens is 795 g/mol. The van der Waals surface area contributed by atoms with Crippen LogP contribution in [-0.4, -0.2) is 105 Å². The summed E-state index contributed by atoms with van der Waals surface area (Å²) in [7, 11) is 0. The molecule has 0 radical (unpaired) electrons. The molecule has 0 bridgehead atoms. The fourth-order valence-electron chi connectivity index (χ4n) is 8.86. The summed E-state index contributed by atoms with van der Waals surface area (Å²) < 4.78 is 11.4. The molecule has 0 aromatic carbocycles. The van der Waals surface area contributed by atoms with Gasteiger partial charge < -0.3 is 45.4 Å². The van der Waals surface area contributed by atoms with E-state index in [1.807, 2.05) is 0 Å². The van der Waals surface area contributed by atoms with E-state index in [1.165, 1.54) is 198 Å². The lowest BCUT2D eigenvalue weighted by Crippen LogP contribution is -2.58. The number of amides is 1. The molecule has 10 heteroatoms. The van der Waals surface area contributed by atoms with Crippen molar-refractivity contribution in [2.45, 2.75) is 300 Å². The van der Waals surface area contributed by atoms with Crippen molar-refractivity contribution in [2.75, 3.05) is 19.8 Å². The normalized spacial score (nSPS) is 20.7. The first-order chi connectivity index (χ1) is 30.8. The monoisotopic (exact) mass is 898 g/mol. The quantitative estimate of drug-likeness (QED) is 0.0232. The summed E-state index contributed by atoms with van der Waals surface area (Å²) in [5.74, 6) is -0.227. The Morgan fingerprint density at radius 2 is 0.921 bits per heavy atom. The number of nitrogens with one attached hydrogen (secondary N) is 1. The second-order valence-electron chi connectivity index (χ2n) is 19.1. The van der Waals surface area contributed by atoms with Crippen molar-refractivity contribution in [1.29, 1.82) is 0 Å². The average Bonchev–Trinajstić information content (AvgIpc) is 3.28. The zero-order chi connectivity index (χ0) is 46.0. The molecule has 10 nitrogen and oxygen atoms in total. The van der Waals surface area contributed by atoms with Crippen LogP contribution < -0.4 is 5.32 Å². The van der Waals surface area contributed by atoms with E-state index in [4.69, 9.17) is 9.47 Å². The number of carbonyl (C=O) groups excluding carboxylic acids is 1. The summed E-state index contributed by atoms with van der Waals surface area (Å²) in [4.78, 5) is 13.1.